The molecule has 0 radical (unpaired) electrons. The van der Waals surface area contributed by atoms with Crippen LogP contribution in [0.5, 0.6) is 5.75 Å². The number of aromatic nitrogens is 2. The highest BCUT2D eigenvalue weighted by atomic mass is 19.2. The van der Waals surface area contributed by atoms with E-state index in [1.54, 1.807) is 13.2 Å². The minimum absolute atomic E-state index is 0.0301. The number of benzene rings is 2. The zero-order valence-electron chi connectivity index (χ0n) is 15.5. The van der Waals surface area contributed by atoms with Crippen LogP contribution >= 0.6 is 0 Å². The summed E-state index contributed by atoms with van der Waals surface area (Å²) >= 11 is 0. The van der Waals surface area contributed by atoms with E-state index in [1.807, 2.05) is 30.5 Å². The zero-order chi connectivity index (χ0) is 19.5. The maximum Gasteiger partial charge on any atom is 0.159 e. The lowest BCUT2D eigenvalue weighted by molar-refractivity contribution is 0.00278. The minimum atomic E-state index is -0.835. The van der Waals surface area contributed by atoms with Gasteiger partial charge in [0.05, 0.1) is 25.5 Å². The van der Waals surface area contributed by atoms with Crippen LogP contribution in [0.3, 0.4) is 0 Å². The first-order chi connectivity index (χ1) is 13.6. The Morgan fingerprint density at radius 3 is 2.89 bits per heavy atom. The summed E-state index contributed by atoms with van der Waals surface area (Å²) in [4.78, 5) is 4.67. The monoisotopic (exact) mass is 385 g/mol. The molecule has 3 aromatic rings. The fourth-order valence-electron chi connectivity index (χ4n) is 3.33. The van der Waals surface area contributed by atoms with Crippen LogP contribution in [0.4, 0.5) is 8.78 Å². The van der Waals surface area contributed by atoms with Crippen molar-refractivity contribution in [3.63, 3.8) is 0 Å². The SMILES string of the molecule is COc1ccccc1-c1cn2c(n1)CO[C@@H](CNCc1ccc(F)c(F)c1)C2. The summed E-state index contributed by atoms with van der Waals surface area (Å²) in [6, 6.07) is 11.7. The van der Waals surface area contributed by atoms with Crippen LogP contribution < -0.4 is 10.1 Å². The van der Waals surface area contributed by atoms with Gasteiger partial charge in [-0.3, -0.25) is 0 Å². The van der Waals surface area contributed by atoms with Crippen LogP contribution in [-0.2, 0) is 24.4 Å². The number of halogens is 2. The van der Waals surface area contributed by atoms with Crippen molar-refractivity contribution in [2.24, 2.45) is 0 Å². The molecule has 5 nitrogen and oxygen atoms in total. The third kappa shape index (κ3) is 3.90. The van der Waals surface area contributed by atoms with Crippen molar-refractivity contribution in [2.75, 3.05) is 13.7 Å². The van der Waals surface area contributed by atoms with E-state index in [0.29, 0.717) is 31.8 Å². The molecule has 1 atom stereocenters. The van der Waals surface area contributed by atoms with E-state index < -0.39 is 11.6 Å². The van der Waals surface area contributed by atoms with E-state index in [0.717, 1.165) is 28.9 Å². The number of methoxy groups -OCH3 is 1. The van der Waals surface area contributed by atoms with Gasteiger partial charge in [-0.05, 0) is 29.8 Å². The molecule has 0 spiro atoms. The number of rotatable bonds is 6. The van der Waals surface area contributed by atoms with Gasteiger partial charge in [-0.25, -0.2) is 13.8 Å². The van der Waals surface area contributed by atoms with Crippen LogP contribution in [0, 0.1) is 11.6 Å². The van der Waals surface area contributed by atoms with Gasteiger partial charge in [0.25, 0.3) is 0 Å². The molecule has 0 fully saturated rings. The fraction of sp³-hybridized carbons (Fsp3) is 0.286. The molecule has 0 unspecified atom stereocenters. The van der Waals surface area contributed by atoms with Gasteiger partial charge in [-0.2, -0.15) is 0 Å². The molecule has 1 aliphatic heterocycles. The fourth-order valence-corrected chi connectivity index (χ4v) is 3.33. The molecule has 1 aliphatic rings. The predicted molar refractivity (Wildman–Crippen MR) is 101 cm³/mol. The number of hydrogen-bond acceptors (Lipinski definition) is 4. The topological polar surface area (TPSA) is 48.3 Å². The Hall–Kier alpha value is -2.77. The molecule has 2 heterocycles. The molecule has 2 aromatic carbocycles. The molecule has 28 heavy (non-hydrogen) atoms. The van der Waals surface area contributed by atoms with Crippen molar-refractivity contribution in [3.8, 4) is 17.0 Å². The van der Waals surface area contributed by atoms with Crippen LogP contribution in [0.1, 0.15) is 11.4 Å². The van der Waals surface area contributed by atoms with E-state index in [1.165, 1.54) is 6.07 Å². The van der Waals surface area contributed by atoms with Crippen molar-refractivity contribution in [2.45, 2.75) is 25.8 Å². The van der Waals surface area contributed by atoms with E-state index in [-0.39, 0.29) is 6.10 Å². The summed E-state index contributed by atoms with van der Waals surface area (Å²) < 4.78 is 39.7. The Labute approximate surface area is 161 Å². The number of para-hydroxylation sites is 1. The van der Waals surface area contributed by atoms with Crippen LogP contribution in [0.25, 0.3) is 11.3 Å². The van der Waals surface area contributed by atoms with E-state index in [2.05, 4.69) is 14.9 Å². The summed E-state index contributed by atoms with van der Waals surface area (Å²) in [6.45, 7) is 2.13. The van der Waals surface area contributed by atoms with Crippen LogP contribution in [-0.4, -0.2) is 29.3 Å². The number of ether oxygens (including phenoxy) is 2. The number of hydrogen-bond donors (Lipinski definition) is 1. The van der Waals surface area contributed by atoms with Gasteiger partial charge in [0.2, 0.25) is 0 Å². The van der Waals surface area contributed by atoms with Gasteiger partial charge in [0.1, 0.15) is 18.2 Å². The highest BCUT2D eigenvalue weighted by molar-refractivity contribution is 5.66. The van der Waals surface area contributed by atoms with Crippen LogP contribution in [0.2, 0.25) is 0 Å². The molecule has 7 heteroatoms. The van der Waals surface area contributed by atoms with Crippen molar-refractivity contribution in [1.82, 2.24) is 14.9 Å². The van der Waals surface area contributed by atoms with Crippen molar-refractivity contribution in [1.29, 1.82) is 0 Å². The number of imidazole rings is 1. The Bertz CT molecular complexity index is 974. The standard InChI is InChI=1S/C21H21F2N3O2/c1-27-20-5-3-2-4-16(20)19-12-26-11-15(28-13-21(26)25-19)10-24-9-14-6-7-17(22)18(23)8-14/h2-8,12,15,24H,9-11,13H2,1H3/t15-/m0/s1. The molecule has 1 aromatic heterocycles. The Morgan fingerprint density at radius 2 is 2.07 bits per heavy atom. The van der Waals surface area contributed by atoms with E-state index in [4.69, 9.17) is 9.47 Å². The molecular weight excluding hydrogens is 364 g/mol. The first kappa shape index (κ1) is 18.6. The van der Waals surface area contributed by atoms with Gasteiger partial charge in [0, 0.05) is 24.8 Å². The number of fused-ring (bicyclic) bond motifs is 1. The Kier molecular flexibility index (Phi) is 5.36. The molecule has 0 aliphatic carbocycles. The highest BCUT2D eigenvalue weighted by Crippen LogP contribution is 2.30. The smallest absolute Gasteiger partial charge is 0.159 e. The molecular formula is C21H21F2N3O2. The average molecular weight is 385 g/mol. The predicted octanol–water partition coefficient (Wildman–Crippen LogP) is 3.53. The lowest BCUT2D eigenvalue weighted by Crippen LogP contribution is -2.36. The Balaban J connectivity index is 1.38. The van der Waals surface area contributed by atoms with Gasteiger partial charge >= 0.3 is 0 Å². The summed E-state index contributed by atoms with van der Waals surface area (Å²) in [6.07, 6.45) is 1.98. The minimum Gasteiger partial charge on any atom is -0.496 e. The summed E-state index contributed by atoms with van der Waals surface area (Å²) in [5.41, 5.74) is 2.49. The van der Waals surface area contributed by atoms with Crippen molar-refractivity contribution < 1.29 is 18.3 Å². The van der Waals surface area contributed by atoms with E-state index >= 15 is 0 Å². The van der Waals surface area contributed by atoms with Gasteiger partial charge in [-0.1, -0.05) is 18.2 Å². The second-order valence-electron chi connectivity index (χ2n) is 6.71. The lowest BCUT2D eigenvalue weighted by atomic mass is 10.1. The first-order valence-electron chi connectivity index (χ1n) is 9.09. The molecule has 1 N–H and O–H groups in total. The molecule has 0 saturated carbocycles. The summed E-state index contributed by atoms with van der Waals surface area (Å²) in [5.74, 6) is -0.0145. The zero-order valence-corrected chi connectivity index (χ0v) is 15.5. The van der Waals surface area contributed by atoms with Gasteiger partial charge in [0.15, 0.2) is 11.6 Å². The maximum atomic E-state index is 13.3. The average Bonchev–Trinajstić information content (AvgIpc) is 3.14. The number of nitrogens with one attached hydrogen (secondary N) is 1. The van der Waals surface area contributed by atoms with Crippen molar-refractivity contribution in [3.05, 3.63) is 71.7 Å². The normalized spacial score (nSPS) is 16.0. The molecule has 0 bridgehead atoms. The van der Waals surface area contributed by atoms with Gasteiger partial charge < -0.3 is 19.4 Å². The first-order valence-corrected chi connectivity index (χ1v) is 9.09. The molecule has 146 valence electrons. The maximum absolute atomic E-state index is 13.3. The lowest BCUT2D eigenvalue weighted by Gasteiger charge is -2.24. The van der Waals surface area contributed by atoms with E-state index in [9.17, 15) is 8.78 Å². The molecule has 0 amide bonds. The number of nitrogens with zero attached hydrogens (tertiary/aromatic N) is 2. The molecule has 0 saturated heterocycles. The quantitative estimate of drug-likeness (QED) is 0.705. The van der Waals surface area contributed by atoms with Gasteiger partial charge in [-0.15, -0.1) is 0 Å². The highest BCUT2D eigenvalue weighted by Gasteiger charge is 2.22. The van der Waals surface area contributed by atoms with Crippen molar-refractivity contribution >= 4 is 0 Å². The third-order valence-corrected chi connectivity index (χ3v) is 4.78. The largest absolute Gasteiger partial charge is 0.496 e. The second-order valence-corrected chi connectivity index (χ2v) is 6.71. The Morgan fingerprint density at radius 1 is 1.21 bits per heavy atom. The molecule has 4 rings (SSSR count). The summed E-state index contributed by atoms with van der Waals surface area (Å²) in [7, 11) is 1.65. The second kappa shape index (κ2) is 8.08. The van der Waals surface area contributed by atoms with Crippen LogP contribution in [0.15, 0.2) is 48.7 Å². The summed E-state index contributed by atoms with van der Waals surface area (Å²) in [5, 5.41) is 3.24. The third-order valence-electron chi connectivity index (χ3n) is 4.78.